The average molecular weight is 231 g/mol. The number of rotatable bonds is 3. The summed E-state index contributed by atoms with van der Waals surface area (Å²) in [5.41, 5.74) is -0.0376. The predicted octanol–water partition coefficient (Wildman–Crippen LogP) is 0.800. The summed E-state index contributed by atoms with van der Waals surface area (Å²) in [6.07, 6.45) is 5.42. The maximum Gasteiger partial charge on any atom is 0.338 e. The van der Waals surface area contributed by atoms with Gasteiger partial charge < -0.3 is 14.9 Å². The van der Waals surface area contributed by atoms with Gasteiger partial charge in [-0.1, -0.05) is 25.3 Å². The van der Waals surface area contributed by atoms with Crippen LogP contribution in [0.5, 0.6) is 0 Å². The van der Waals surface area contributed by atoms with Gasteiger partial charge in [-0.3, -0.25) is 5.48 Å². The van der Waals surface area contributed by atoms with Gasteiger partial charge in [-0.05, 0) is 18.8 Å². The summed E-state index contributed by atoms with van der Waals surface area (Å²) >= 11 is 0. The molecule has 1 saturated carbocycles. The summed E-state index contributed by atoms with van der Waals surface area (Å²) in [6, 6.07) is 0. The Morgan fingerprint density at radius 3 is 2.31 bits per heavy atom. The summed E-state index contributed by atoms with van der Waals surface area (Å²) in [5, 5.41) is 18.1. The van der Waals surface area contributed by atoms with E-state index in [2.05, 4.69) is 4.74 Å². The van der Waals surface area contributed by atoms with E-state index >= 15 is 0 Å². The first-order chi connectivity index (χ1) is 7.15. The van der Waals surface area contributed by atoms with Crippen LogP contribution >= 0.6 is 0 Å². The normalized spacial score (nSPS) is 18.1. The molecule has 1 radical (unpaired) electrons. The third-order valence-corrected chi connectivity index (χ3v) is 2.76. The van der Waals surface area contributed by atoms with E-state index in [0.29, 0.717) is 0 Å². The number of ether oxygens (including phenoxy) is 1. The second-order valence-corrected chi connectivity index (χ2v) is 3.89. The van der Waals surface area contributed by atoms with Crippen molar-refractivity contribution in [1.82, 2.24) is 0 Å². The first-order valence-electron chi connectivity index (χ1n) is 5.31. The zero-order valence-electron chi connectivity index (χ0n) is 9.43. The van der Waals surface area contributed by atoms with Crippen molar-refractivity contribution in [2.45, 2.75) is 38.4 Å². The van der Waals surface area contributed by atoms with E-state index in [1.54, 1.807) is 6.08 Å². The van der Waals surface area contributed by atoms with Gasteiger partial charge in [0.2, 0.25) is 0 Å². The molecule has 0 aromatic carbocycles. The molecule has 0 unspecified atom stereocenters. The van der Waals surface area contributed by atoms with E-state index in [1.165, 1.54) is 13.5 Å². The van der Waals surface area contributed by atoms with Crippen molar-refractivity contribution in [3.05, 3.63) is 11.6 Å². The summed E-state index contributed by atoms with van der Waals surface area (Å²) in [5.74, 6) is -0.384. The Morgan fingerprint density at radius 2 is 1.88 bits per heavy atom. The minimum absolute atomic E-state index is 0. The van der Waals surface area contributed by atoms with E-state index < -0.39 is 12.3 Å². The highest BCUT2D eigenvalue weighted by molar-refractivity contribution is 5.89. The fourth-order valence-corrected chi connectivity index (χ4v) is 1.93. The molecule has 3 N–H and O–H groups in total. The molecule has 0 bridgehead atoms. The molecule has 1 aliphatic rings. The molecule has 0 spiro atoms. The predicted molar refractivity (Wildman–Crippen MR) is 56.8 cm³/mol. The Bertz CT molecular complexity index is 241. The number of carbonyl (C=O) groups excluding carboxylic acids is 1. The molecule has 0 aromatic rings. The van der Waals surface area contributed by atoms with Crippen LogP contribution in [0, 0.1) is 5.92 Å². The highest BCUT2D eigenvalue weighted by atomic mass is 16.5. The molecule has 0 atom stereocenters. The molecule has 0 aliphatic heterocycles. The van der Waals surface area contributed by atoms with E-state index in [0.717, 1.165) is 25.7 Å². The Labute approximate surface area is 95.0 Å². The number of aliphatic hydroxyl groups excluding tert-OH is 1. The van der Waals surface area contributed by atoms with Crippen molar-refractivity contribution in [2.24, 2.45) is 5.92 Å². The van der Waals surface area contributed by atoms with Crippen LogP contribution < -0.4 is 0 Å². The van der Waals surface area contributed by atoms with Crippen LogP contribution in [-0.2, 0) is 9.53 Å². The van der Waals surface area contributed by atoms with Crippen LogP contribution in [-0.4, -0.2) is 35.1 Å². The lowest BCUT2D eigenvalue weighted by Crippen LogP contribution is -2.20. The molecule has 0 saturated heterocycles. The zero-order valence-corrected chi connectivity index (χ0v) is 9.43. The average Bonchev–Trinajstić information content (AvgIpc) is 2.26. The smallest absolute Gasteiger partial charge is 0.338 e. The quantitative estimate of drug-likeness (QED) is 0.380. The SMILES string of the molecule is COC(=O)C(=CC1CCCCC1)C(O)O.[OH]. The van der Waals surface area contributed by atoms with Gasteiger partial charge in [0.25, 0.3) is 0 Å². The van der Waals surface area contributed by atoms with Crippen LogP contribution in [0.2, 0.25) is 0 Å². The maximum atomic E-state index is 11.2. The lowest BCUT2D eigenvalue weighted by atomic mass is 9.88. The molecule has 93 valence electrons. The van der Waals surface area contributed by atoms with Crippen molar-refractivity contribution < 1.29 is 25.2 Å². The number of hydrogen-bond acceptors (Lipinski definition) is 4. The van der Waals surface area contributed by atoms with Gasteiger partial charge in [0.05, 0.1) is 12.7 Å². The first kappa shape index (κ1) is 15.1. The van der Waals surface area contributed by atoms with Crippen LogP contribution in [0.25, 0.3) is 0 Å². The topological polar surface area (TPSA) is 96.8 Å². The van der Waals surface area contributed by atoms with Gasteiger partial charge in [0.15, 0.2) is 6.29 Å². The molecule has 1 fully saturated rings. The first-order valence-corrected chi connectivity index (χ1v) is 5.31. The minimum Gasteiger partial charge on any atom is -0.466 e. The van der Waals surface area contributed by atoms with Gasteiger partial charge in [0.1, 0.15) is 0 Å². The summed E-state index contributed by atoms with van der Waals surface area (Å²) in [6.45, 7) is 0. The van der Waals surface area contributed by atoms with Crippen LogP contribution in [0.15, 0.2) is 11.6 Å². The van der Waals surface area contributed by atoms with Crippen LogP contribution in [0.4, 0.5) is 0 Å². The van der Waals surface area contributed by atoms with Gasteiger partial charge in [-0.2, -0.15) is 0 Å². The van der Waals surface area contributed by atoms with Gasteiger partial charge in [-0.25, -0.2) is 4.79 Å². The Balaban J connectivity index is 0.00000225. The van der Waals surface area contributed by atoms with Crippen molar-refractivity contribution in [3.63, 3.8) is 0 Å². The molecule has 5 nitrogen and oxygen atoms in total. The highest BCUT2D eigenvalue weighted by Gasteiger charge is 2.20. The van der Waals surface area contributed by atoms with E-state index in [-0.39, 0.29) is 17.0 Å². The summed E-state index contributed by atoms with van der Waals surface area (Å²) < 4.78 is 4.49. The number of methoxy groups -OCH3 is 1. The number of hydrogen-bond donors (Lipinski definition) is 3. The molecule has 0 amide bonds. The maximum absolute atomic E-state index is 11.2. The van der Waals surface area contributed by atoms with Crippen molar-refractivity contribution in [2.75, 3.05) is 7.11 Å². The van der Waals surface area contributed by atoms with Crippen molar-refractivity contribution in [1.29, 1.82) is 0 Å². The second-order valence-electron chi connectivity index (χ2n) is 3.89. The largest absolute Gasteiger partial charge is 0.466 e. The molecular weight excluding hydrogens is 212 g/mol. The summed E-state index contributed by atoms with van der Waals surface area (Å²) in [4.78, 5) is 11.2. The molecule has 5 heteroatoms. The Morgan fingerprint density at radius 1 is 1.31 bits per heavy atom. The highest BCUT2D eigenvalue weighted by Crippen LogP contribution is 2.26. The lowest BCUT2D eigenvalue weighted by molar-refractivity contribution is -0.140. The van der Waals surface area contributed by atoms with Gasteiger partial charge in [0, 0.05) is 0 Å². The standard InChI is InChI=1S/C11H18O4.HO/c1-15-11(14)9(10(12)13)7-8-5-3-2-4-6-8;/h7-8,10,12-13H,2-6H2,1H3;1H. The molecular formula is C11H19O5. The van der Waals surface area contributed by atoms with Crippen LogP contribution in [0.1, 0.15) is 32.1 Å². The molecule has 1 rings (SSSR count). The van der Waals surface area contributed by atoms with E-state index in [9.17, 15) is 4.79 Å². The Kier molecular flexibility index (Phi) is 6.96. The summed E-state index contributed by atoms with van der Waals surface area (Å²) in [7, 11) is 1.24. The minimum atomic E-state index is -1.74. The monoisotopic (exact) mass is 231 g/mol. The molecule has 0 aromatic heterocycles. The van der Waals surface area contributed by atoms with E-state index in [1.807, 2.05) is 0 Å². The van der Waals surface area contributed by atoms with Gasteiger partial charge in [-0.15, -0.1) is 0 Å². The zero-order chi connectivity index (χ0) is 11.3. The van der Waals surface area contributed by atoms with Crippen molar-refractivity contribution >= 4 is 5.97 Å². The third-order valence-electron chi connectivity index (χ3n) is 2.76. The van der Waals surface area contributed by atoms with Gasteiger partial charge >= 0.3 is 5.97 Å². The number of carbonyl (C=O) groups is 1. The fourth-order valence-electron chi connectivity index (χ4n) is 1.93. The molecule has 0 heterocycles. The number of allylic oxidation sites excluding steroid dienone is 1. The number of esters is 1. The molecule has 16 heavy (non-hydrogen) atoms. The fraction of sp³-hybridized carbons (Fsp3) is 0.727. The molecule has 1 aliphatic carbocycles. The van der Waals surface area contributed by atoms with Crippen molar-refractivity contribution in [3.8, 4) is 0 Å². The number of aliphatic hydroxyl groups is 2. The third kappa shape index (κ3) is 4.30. The van der Waals surface area contributed by atoms with Crippen LogP contribution in [0.3, 0.4) is 0 Å². The van der Waals surface area contributed by atoms with E-state index in [4.69, 9.17) is 10.2 Å². The Hall–Kier alpha value is -0.910. The lowest BCUT2D eigenvalue weighted by Gasteiger charge is -2.19. The second kappa shape index (κ2) is 7.38.